The molecule has 1 heterocycles. The quantitative estimate of drug-likeness (QED) is 0.0822. The first-order chi connectivity index (χ1) is 22.9. The molecule has 9 N–H and O–H groups in total. The summed E-state index contributed by atoms with van der Waals surface area (Å²) in [4.78, 5) is 62.2. The zero-order valence-corrected chi connectivity index (χ0v) is 27.6. The molecule has 16 heteroatoms. The highest BCUT2D eigenvalue weighted by atomic mass is 16.6. The molecule has 49 heavy (non-hydrogen) atoms. The van der Waals surface area contributed by atoms with Crippen LogP contribution in [0.5, 0.6) is 0 Å². The van der Waals surface area contributed by atoms with Crippen LogP contribution in [0.3, 0.4) is 0 Å². The van der Waals surface area contributed by atoms with Gasteiger partial charge in [0.25, 0.3) is 0 Å². The van der Waals surface area contributed by atoms with Crippen LogP contribution in [0.4, 0.5) is 0 Å². The molecule has 0 aromatic heterocycles. The Morgan fingerprint density at radius 1 is 0.612 bits per heavy atom. The van der Waals surface area contributed by atoms with E-state index in [2.05, 4.69) is 4.74 Å². The summed E-state index contributed by atoms with van der Waals surface area (Å²) < 4.78 is 4.35. The number of aromatic carboxylic acids is 2. The van der Waals surface area contributed by atoms with E-state index in [1.165, 1.54) is 18.2 Å². The molecule has 2 aromatic carbocycles. The van der Waals surface area contributed by atoms with Crippen molar-refractivity contribution in [3.63, 3.8) is 0 Å². The monoisotopic (exact) mass is 698 g/mol. The van der Waals surface area contributed by atoms with Crippen LogP contribution in [0.25, 0.3) is 0 Å². The number of carbonyl (C=O) groups excluding carboxylic acids is 2. The SMILES string of the molecule is CC(C)(CO)CO.CCC(CO)(CO)CO.O=C(O)CCCCC(=O)O.O=C(O)c1cccc(C(=O)O)c1.O=C1OC(=O)c2ccccc21. The summed E-state index contributed by atoms with van der Waals surface area (Å²) in [5.74, 6) is -5.09. The van der Waals surface area contributed by atoms with Crippen LogP contribution in [0.2, 0.25) is 0 Å². The minimum atomic E-state index is -1.13. The number of unbranched alkanes of at least 4 members (excludes halogenated alkanes) is 1. The molecule has 0 spiro atoms. The Morgan fingerprint density at radius 3 is 1.20 bits per heavy atom. The molecule has 1 aliphatic heterocycles. The molecule has 0 bridgehead atoms. The third kappa shape index (κ3) is 19.6. The van der Waals surface area contributed by atoms with Crippen LogP contribution < -0.4 is 0 Å². The lowest BCUT2D eigenvalue weighted by Crippen LogP contribution is -2.32. The summed E-state index contributed by atoms with van der Waals surface area (Å²) in [6.07, 6.45) is 1.61. The van der Waals surface area contributed by atoms with Gasteiger partial charge in [-0.3, -0.25) is 9.59 Å². The van der Waals surface area contributed by atoms with E-state index in [0.717, 1.165) is 6.07 Å². The van der Waals surface area contributed by atoms with Gasteiger partial charge in [-0.1, -0.05) is 39.0 Å². The van der Waals surface area contributed by atoms with Crippen LogP contribution in [0.15, 0.2) is 48.5 Å². The predicted octanol–water partition coefficient (Wildman–Crippen LogP) is 2.15. The first kappa shape index (κ1) is 46.4. The highest BCUT2D eigenvalue weighted by molar-refractivity contribution is 6.14. The number of carboxylic acid groups (broad SMARTS) is 4. The van der Waals surface area contributed by atoms with Gasteiger partial charge < -0.3 is 50.7 Å². The fourth-order valence-electron chi connectivity index (χ4n) is 2.91. The molecule has 0 saturated heterocycles. The number of carboxylic acids is 4. The molecular formula is C33H46O16. The van der Waals surface area contributed by atoms with E-state index in [1.807, 2.05) is 6.92 Å². The molecule has 1 aliphatic rings. The van der Waals surface area contributed by atoms with Crippen molar-refractivity contribution in [1.29, 1.82) is 0 Å². The second-order valence-corrected chi connectivity index (χ2v) is 11.2. The molecular weight excluding hydrogens is 652 g/mol. The molecule has 0 aliphatic carbocycles. The van der Waals surface area contributed by atoms with Gasteiger partial charge in [-0.2, -0.15) is 0 Å². The summed E-state index contributed by atoms with van der Waals surface area (Å²) in [7, 11) is 0. The number of aliphatic hydroxyl groups excluding tert-OH is 5. The van der Waals surface area contributed by atoms with Gasteiger partial charge >= 0.3 is 35.8 Å². The van der Waals surface area contributed by atoms with Crippen molar-refractivity contribution in [3.8, 4) is 0 Å². The summed E-state index contributed by atoms with van der Waals surface area (Å²) in [5, 5.41) is 76.1. The maximum atomic E-state index is 10.8. The van der Waals surface area contributed by atoms with Crippen molar-refractivity contribution in [1.82, 2.24) is 0 Å². The minimum absolute atomic E-state index is 0.0186. The Kier molecular flexibility index (Phi) is 23.1. The number of ether oxygens (including phenoxy) is 1. The van der Waals surface area contributed by atoms with Crippen LogP contribution >= 0.6 is 0 Å². The predicted molar refractivity (Wildman–Crippen MR) is 172 cm³/mol. The molecule has 3 rings (SSSR count). The fourth-order valence-corrected chi connectivity index (χ4v) is 2.91. The average molecular weight is 699 g/mol. The first-order valence-corrected chi connectivity index (χ1v) is 14.8. The number of benzene rings is 2. The fraction of sp³-hybridized carbons (Fsp3) is 0.455. The summed E-state index contributed by atoms with van der Waals surface area (Å²) in [6, 6.07) is 11.7. The number of carbonyl (C=O) groups is 6. The van der Waals surface area contributed by atoms with Crippen molar-refractivity contribution in [2.24, 2.45) is 10.8 Å². The van der Waals surface area contributed by atoms with E-state index in [1.54, 1.807) is 38.1 Å². The topological polar surface area (TPSA) is 294 Å². The number of fused-ring (bicyclic) bond motifs is 1. The Bertz CT molecular complexity index is 1250. The Hall–Kier alpha value is -4.74. The number of aliphatic carboxylic acids is 2. The van der Waals surface area contributed by atoms with E-state index < -0.39 is 41.2 Å². The van der Waals surface area contributed by atoms with Gasteiger partial charge in [0.2, 0.25) is 0 Å². The zero-order chi connectivity index (χ0) is 38.2. The van der Waals surface area contributed by atoms with Crippen molar-refractivity contribution >= 4 is 35.8 Å². The molecule has 274 valence electrons. The molecule has 0 fully saturated rings. The van der Waals surface area contributed by atoms with Crippen LogP contribution in [0, 0.1) is 10.8 Å². The third-order valence-electron chi connectivity index (χ3n) is 6.55. The van der Waals surface area contributed by atoms with Gasteiger partial charge in [0, 0.05) is 23.7 Å². The first-order valence-electron chi connectivity index (χ1n) is 14.8. The van der Waals surface area contributed by atoms with E-state index in [0.29, 0.717) is 30.4 Å². The normalized spacial score (nSPS) is 11.3. The second kappa shape index (κ2) is 24.4. The number of rotatable bonds is 13. The largest absolute Gasteiger partial charge is 0.481 e. The highest BCUT2D eigenvalue weighted by Crippen LogP contribution is 2.19. The lowest BCUT2D eigenvalue weighted by atomic mass is 9.88. The van der Waals surface area contributed by atoms with E-state index in [9.17, 15) is 28.8 Å². The molecule has 16 nitrogen and oxygen atoms in total. The zero-order valence-electron chi connectivity index (χ0n) is 27.6. The standard InChI is InChI=1S/C8H6O4.C8H4O3.C6H10O4.C6H14O3.C5H12O2/c9-7(10)5-2-1-3-6(4-5)8(11)12;9-7-5-3-1-2-4-6(5)8(10)11-7;7-5(8)3-1-2-4-6(9)10;1-2-6(3-7,4-8)5-9;1-5(2,3-6)4-7/h1-4H,(H,9,10)(H,11,12);1-4H;1-4H2,(H,7,8)(H,9,10);7-9H,2-5H2,1H3;6-7H,3-4H2,1-2H3. The van der Waals surface area contributed by atoms with Gasteiger partial charge in [0.05, 0.1) is 55.3 Å². The van der Waals surface area contributed by atoms with Gasteiger partial charge in [0.1, 0.15) is 0 Å². The summed E-state index contributed by atoms with van der Waals surface area (Å²) in [5.41, 5.74) is -0.292. The maximum Gasteiger partial charge on any atom is 0.346 e. The van der Waals surface area contributed by atoms with Crippen molar-refractivity contribution in [2.45, 2.75) is 52.9 Å². The van der Waals surface area contributed by atoms with Gasteiger partial charge in [-0.05, 0) is 49.6 Å². The molecule has 0 radical (unpaired) electrons. The average Bonchev–Trinajstić information content (AvgIpc) is 3.38. The summed E-state index contributed by atoms with van der Waals surface area (Å²) in [6.45, 7) is 5.04. The molecule has 0 saturated carbocycles. The number of esters is 2. The Morgan fingerprint density at radius 2 is 0.980 bits per heavy atom. The van der Waals surface area contributed by atoms with Gasteiger partial charge in [-0.15, -0.1) is 0 Å². The molecule has 0 atom stereocenters. The number of cyclic esters (lactones) is 2. The van der Waals surface area contributed by atoms with Crippen LogP contribution in [0.1, 0.15) is 94.3 Å². The third-order valence-corrected chi connectivity index (χ3v) is 6.55. The lowest BCUT2D eigenvalue weighted by Gasteiger charge is -2.24. The van der Waals surface area contributed by atoms with Gasteiger partial charge in [-0.25, -0.2) is 19.2 Å². The van der Waals surface area contributed by atoms with Crippen molar-refractivity contribution in [3.05, 3.63) is 70.8 Å². The van der Waals surface area contributed by atoms with E-state index in [4.69, 9.17) is 46.0 Å². The highest BCUT2D eigenvalue weighted by Gasteiger charge is 2.28. The number of hydrogen-bond donors (Lipinski definition) is 9. The maximum absolute atomic E-state index is 10.8. The van der Waals surface area contributed by atoms with Gasteiger partial charge in [0.15, 0.2) is 0 Å². The van der Waals surface area contributed by atoms with E-state index >= 15 is 0 Å². The molecule has 0 unspecified atom stereocenters. The molecule has 2 aromatic rings. The lowest BCUT2D eigenvalue weighted by molar-refractivity contribution is -0.139. The smallest absolute Gasteiger partial charge is 0.346 e. The number of hydrogen-bond acceptors (Lipinski definition) is 12. The second-order valence-electron chi connectivity index (χ2n) is 11.2. The Balaban J connectivity index is 0. The van der Waals surface area contributed by atoms with Crippen LogP contribution in [-0.2, 0) is 14.3 Å². The van der Waals surface area contributed by atoms with Crippen molar-refractivity contribution < 1.29 is 79.5 Å². The minimum Gasteiger partial charge on any atom is -0.481 e. The summed E-state index contributed by atoms with van der Waals surface area (Å²) >= 11 is 0. The Labute approximate surface area is 282 Å². The van der Waals surface area contributed by atoms with E-state index in [-0.39, 0.29) is 62.4 Å². The molecule has 0 amide bonds. The number of aliphatic hydroxyl groups is 5. The van der Waals surface area contributed by atoms with Crippen molar-refractivity contribution in [2.75, 3.05) is 33.0 Å². The van der Waals surface area contributed by atoms with Crippen LogP contribution in [-0.4, -0.2) is 115 Å².